The number of para-hydroxylation sites is 2. The Kier molecular flexibility index (Phi) is 6.35. The zero-order valence-corrected chi connectivity index (χ0v) is 15.2. The second kappa shape index (κ2) is 8.48. The standard InChI is InChI=1S/C18H19NO6S/c1-24-16-9-4-3-8-15(16)19-17(20)12-26(22,23)11-13-6-5-7-14(10-13)18(21)25-2/h3-10H,11-12H2,1-2H3,(H,19,20). The molecule has 0 unspecified atom stereocenters. The van der Waals surface area contributed by atoms with Gasteiger partial charge in [-0.2, -0.15) is 0 Å². The van der Waals surface area contributed by atoms with E-state index in [1.54, 1.807) is 36.4 Å². The van der Waals surface area contributed by atoms with Gasteiger partial charge in [0.05, 0.1) is 31.2 Å². The highest BCUT2D eigenvalue weighted by Crippen LogP contribution is 2.23. The molecule has 2 rings (SSSR count). The molecule has 0 spiro atoms. The highest BCUT2D eigenvalue weighted by Gasteiger charge is 2.19. The lowest BCUT2D eigenvalue weighted by atomic mass is 10.1. The Morgan fingerprint density at radius 1 is 1.04 bits per heavy atom. The first-order valence-corrected chi connectivity index (χ1v) is 9.47. The van der Waals surface area contributed by atoms with E-state index in [0.29, 0.717) is 17.0 Å². The summed E-state index contributed by atoms with van der Waals surface area (Å²) in [5.74, 6) is -1.84. The van der Waals surface area contributed by atoms with Crippen molar-refractivity contribution in [1.82, 2.24) is 0 Å². The van der Waals surface area contributed by atoms with Crippen LogP contribution in [0.25, 0.3) is 0 Å². The predicted molar refractivity (Wildman–Crippen MR) is 96.9 cm³/mol. The molecule has 0 heterocycles. The van der Waals surface area contributed by atoms with Crippen molar-refractivity contribution in [3.63, 3.8) is 0 Å². The average Bonchev–Trinajstić information content (AvgIpc) is 2.60. The summed E-state index contributed by atoms with van der Waals surface area (Å²) < 4.78 is 34.3. The number of methoxy groups -OCH3 is 2. The monoisotopic (exact) mass is 377 g/mol. The number of hydrogen-bond acceptors (Lipinski definition) is 6. The zero-order chi connectivity index (χ0) is 19.2. The van der Waals surface area contributed by atoms with Crippen molar-refractivity contribution in [2.75, 3.05) is 25.3 Å². The molecule has 0 atom stereocenters. The summed E-state index contributed by atoms with van der Waals surface area (Å²) >= 11 is 0. The van der Waals surface area contributed by atoms with E-state index in [-0.39, 0.29) is 11.3 Å². The Hall–Kier alpha value is -2.87. The van der Waals surface area contributed by atoms with Crippen molar-refractivity contribution in [2.45, 2.75) is 5.75 Å². The Morgan fingerprint density at radius 2 is 1.77 bits per heavy atom. The van der Waals surface area contributed by atoms with Crippen molar-refractivity contribution < 1.29 is 27.5 Å². The van der Waals surface area contributed by atoms with Crippen molar-refractivity contribution >= 4 is 27.4 Å². The molecule has 2 aromatic rings. The predicted octanol–water partition coefficient (Wildman–Crippen LogP) is 2.04. The molecule has 0 aliphatic rings. The Labute approximate surface area is 151 Å². The van der Waals surface area contributed by atoms with Gasteiger partial charge in [-0.15, -0.1) is 0 Å². The lowest BCUT2D eigenvalue weighted by molar-refractivity contribution is -0.113. The summed E-state index contributed by atoms with van der Waals surface area (Å²) in [6.45, 7) is 0. The third kappa shape index (κ3) is 5.32. The summed E-state index contributed by atoms with van der Waals surface area (Å²) in [5.41, 5.74) is 1.04. The fourth-order valence-corrected chi connectivity index (χ4v) is 3.61. The number of rotatable bonds is 7. The van der Waals surface area contributed by atoms with Gasteiger partial charge >= 0.3 is 5.97 Å². The van der Waals surface area contributed by atoms with E-state index in [2.05, 4.69) is 10.1 Å². The van der Waals surface area contributed by atoms with Crippen LogP contribution in [0.1, 0.15) is 15.9 Å². The number of carbonyl (C=O) groups is 2. The van der Waals surface area contributed by atoms with Gasteiger partial charge in [-0.1, -0.05) is 24.3 Å². The summed E-state index contributed by atoms with van der Waals surface area (Å²) in [5, 5.41) is 2.52. The number of nitrogens with one attached hydrogen (secondary N) is 1. The molecular weight excluding hydrogens is 358 g/mol. The lowest BCUT2D eigenvalue weighted by Crippen LogP contribution is -2.24. The molecule has 26 heavy (non-hydrogen) atoms. The molecule has 0 aromatic heterocycles. The van der Waals surface area contributed by atoms with E-state index in [9.17, 15) is 18.0 Å². The van der Waals surface area contributed by atoms with Crippen LogP contribution in [0.15, 0.2) is 48.5 Å². The van der Waals surface area contributed by atoms with E-state index >= 15 is 0 Å². The van der Waals surface area contributed by atoms with E-state index in [1.165, 1.54) is 26.4 Å². The number of anilines is 1. The first-order chi connectivity index (χ1) is 12.3. The summed E-state index contributed by atoms with van der Waals surface area (Å²) in [6.07, 6.45) is 0. The van der Waals surface area contributed by atoms with Crippen molar-refractivity contribution in [3.8, 4) is 5.75 Å². The normalized spacial score (nSPS) is 10.8. The minimum atomic E-state index is -3.73. The van der Waals surface area contributed by atoms with Crippen LogP contribution < -0.4 is 10.1 Å². The van der Waals surface area contributed by atoms with Crippen LogP contribution in [0.5, 0.6) is 5.75 Å². The number of ether oxygens (including phenoxy) is 2. The van der Waals surface area contributed by atoms with E-state index in [4.69, 9.17) is 4.74 Å². The number of benzene rings is 2. The Morgan fingerprint density at radius 3 is 2.46 bits per heavy atom. The van der Waals surface area contributed by atoms with Gasteiger partial charge in [0.2, 0.25) is 5.91 Å². The Balaban J connectivity index is 2.06. The smallest absolute Gasteiger partial charge is 0.337 e. The topological polar surface area (TPSA) is 98.8 Å². The Bertz CT molecular complexity index is 907. The zero-order valence-electron chi connectivity index (χ0n) is 14.4. The van der Waals surface area contributed by atoms with E-state index < -0.39 is 27.5 Å². The van der Waals surface area contributed by atoms with Crippen molar-refractivity contribution in [2.24, 2.45) is 0 Å². The van der Waals surface area contributed by atoms with Gasteiger partial charge in [0.25, 0.3) is 0 Å². The molecule has 2 aromatic carbocycles. The first-order valence-electron chi connectivity index (χ1n) is 7.65. The minimum Gasteiger partial charge on any atom is -0.495 e. The number of carbonyl (C=O) groups excluding carboxylic acids is 2. The quantitative estimate of drug-likeness (QED) is 0.742. The molecular formula is C18H19NO6S. The maximum Gasteiger partial charge on any atom is 0.337 e. The number of esters is 1. The number of sulfone groups is 1. The van der Waals surface area contributed by atoms with Crippen molar-refractivity contribution in [1.29, 1.82) is 0 Å². The summed E-state index contributed by atoms with van der Waals surface area (Å²) in [7, 11) is -1.03. The van der Waals surface area contributed by atoms with Crippen LogP contribution in [0.4, 0.5) is 5.69 Å². The maximum atomic E-state index is 12.3. The van der Waals surface area contributed by atoms with Gasteiger partial charge < -0.3 is 14.8 Å². The molecule has 0 radical (unpaired) electrons. The van der Waals surface area contributed by atoms with Crippen LogP contribution in [0.2, 0.25) is 0 Å². The van der Waals surface area contributed by atoms with Gasteiger partial charge in [0.15, 0.2) is 9.84 Å². The minimum absolute atomic E-state index is 0.249. The molecule has 7 nitrogen and oxygen atoms in total. The highest BCUT2D eigenvalue weighted by molar-refractivity contribution is 7.91. The van der Waals surface area contributed by atoms with E-state index in [1.807, 2.05) is 0 Å². The molecule has 1 N–H and O–H groups in total. The first kappa shape index (κ1) is 19.5. The van der Waals surface area contributed by atoms with Gasteiger partial charge in [0, 0.05) is 0 Å². The summed E-state index contributed by atoms with van der Waals surface area (Å²) in [6, 6.07) is 12.8. The summed E-state index contributed by atoms with van der Waals surface area (Å²) in [4.78, 5) is 23.6. The average molecular weight is 377 g/mol. The molecule has 0 aliphatic carbocycles. The molecule has 0 saturated heterocycles. The van der Waals surface area contributed by atoms with Crippen LogP contribution in [-0.4, -0.2) is 40.3 Å². The highest BCUT2D eigenvalue weighted by atomic mass is 32.2. The van der Waals surface area contributed by atoms with Crippen molar-refractivity contribution in [3.05, 3.63) is 59.7 Å². The van der Waals surface area contributed by atoms with Crippen LogP contribution >= 0.6 is 0 Å². The second-order valence-electron chi connectivity index (χ2n) is 5.47. The molecule has 0 saturated carbocycles. The maximum absolute atomic E-state index is 12.3. The van der Waals surface area contributed by atoms with Crippen LogP contribution in [0.3, 0.4) is 0 Å². The largest absolute Gasteiger partial charge is 0.495 e. The third-order valence-corrected chi connectivity index (χ3v) is 4.94. The van der Waals surface area contributed by atoms with Gasteiger partial charge in [0.1, 0.15) is 11.5 Å². The second-order valence-corrected chi connectivity index (χ2v) is 7.54. The molecule has 0 fully saturated rings. The fraction of sp³-hybridized carbons (Fsp3) is 0.222. The van der Waals surface area contributed by atoms with Gasteiger partial charge in [-0.25, -0.2) is 13.2 Å². The molecule has 1 amide bonds. The molecule has 8 heteroatoms. The fourth-order valence-electron chi connectivity index (χ4n) is 2.34. The molecule has 138 valence electrons. The third-order valence-electron chi connectivity index (χ3n) is 3.47. The van der Waals surface area contributed by atoms with Gasteiger partial charge in [-0.05, 0) is 29.8 Å². The molecule has 0 bridgehead atoms. The molecule has 0 aliphatic heterocycles. The number of hydrogen-bond donors (Lipinski definition) is 1. The van der Waals surface area contributed by atoms with E-state index in [0.717, 1.165) is 0 Å². The number of amides is 1. The lowest BCUT2D eigenvalue weighted by Gasteiger charge is -2.10. The van der Waals surface area contributed by atoms with Crippen LogP contribution in [-0.2, 0) is 25.1 Å². The van der Waals surface area contributed by atoms with Crippen LogP contribution in [0, 0.1) is 0 Å². The van der Waals surface area contributed by atoms with Gasteiger partial charge in [-0.3, -0.25) is 4.79 Å². The SMILES string of the molecule is COC(=O)c1cccc(CS(=O)(=O)CC(=O)Nc2ccccc2OC)c1.